The van der Waals surface area contributed by atoms with Crippen LogP contribution in [-0.4, -0.2) is 0 Å². The van der Waals surface area contributed by atoms with Gasteiger partial charge in [0.2, 0.25) is 0 Å². The summed E-state index contributed by atoms with van der Waals surface area (Å²) < 4.78 is 25.5. The SMILES string of the molecule is CCc1cc(C)cc(F)c1F. The lowest BCUT2D eigenvalue weighted by molar-refractivity contribution is 0.499. The van der Waals surface area contributed by atoms with E-state index in [4.69, 9.17) is 0 Å². The van der Waals surface area contributed by atoms with Crippen molar-refractivity contribution in [2.24, 2.45) is 0 Å². The molecular weight excluding hydrogens is 146 g/mol. The second kappa shape index (κ2) is 2.99. The van der Waals surface area contributed by atoms with Gasteiger partial charge in [-0.3, -0.25) is 0 Å². The number of aryl methyl sites for hydroxylation is 2. The van der Waals surface area contributed by atoms with Crippen molar-refractivity contribution in [1.82, 2.24) is 0 Å². The molecule has 0 saturated heterocycles. The van der Waals surface area contributed by atoms with Crippen LogP contribution < -0.4 is 0 Å². The fourth-order valence-electron chi connectivity index (χ4n) is 1.05. The zero-order valence-electron chi connectivity index (χ0n) is 6.62. The molecule has 0 bridgehead atoms. The maximum absolute atomic E-state index is 12.8. The lowest BCUT2D eigenvalue weighted by atomic mass is 10.1. The summed E-state index contributed by atoms with van der Waals surface area (Å²) in [6.45, 7) is 3.55. The molecule has 0 aliphatic rings. The molecule has 1 aromatic carbocycles. The van der Waals surface area contributed by atoms with Crippen molar-refractivity contribution in [2.45, 2.75) is 20.3 Å². The average Bonchev–Trinajstić information content (AvgIpc) is 1.96. The molecule has 0 fully saturated rings. The molecule has 0 aliphatic carbocycles. The lowest BCUT2D eigenvalue weighted by Gasteiger charge is -2.01. The first-order chi connectivity index (χ1) is 5.15. The van der Waals surface area contributed by atoms with E-state index in [-0.39, 0.29) is 0 Å². The molecule has 0 spiro atoms. The van der Waals surface area contributed by atoms with Crippen molar-refractivity contribution in [2.75, 3.05) is 0 Å². The molecule has 1 rings (SSSR count). The third-order valence-corrected chi connectivity index (χ3v) is 1.63. The number of hydrogen-bond acceptors (Lipinski definition) is 0. The van der Waals surface area contributed by atoms with Gasteiger partial charge < -0.3 is 0 Å². The molecule has 0 N–H and O–H groups in total. The van der Waals surface area contributed by atoms with Crippen LogP contribution in [0.5, 0.6) is 0 Å². The summed E-state index contributed by atoms with van der Waals surface area (Å²) in [5, 5.41) is 0. The molecule has 60 valence electrons. The van der Waals surface area contributed by atoms with Crippen LogP contribution in [-0.2, 0) is 6.42 Å². The van der Waals surface area contributed by atoms with E-state index in [9.17, 15) is 8.78 Å². The van der Waals surface area contributed by atoms with Gasteiger partial charge in [0.05, 0.1) is 0 Å². The number of halogens is 2. The molecule has 0 amide bonds. The van der Waals surface area contributed by atoms with E-state index in [2.05, 4.69) is 0 Å². The minimum absolute atomic E-state index is 0.447. The quantitative estimate of drug-likeness (QED) is 0.586. The molecular formula is C9H10F2. The van der Waals surface area contributed by atoms with Gasteiger partial charge in [-0.15, -0.1) is 0 Å². The van der Waals surface area contributed by atoms with Crippen LogP contribution in [0, 0.1) is 18.6 Å². The Labute approximate surface area is 64.9 Å². The maximum atomic E-state index is 12.8. The van der Waals surface area contributed by atoms with Crippen molar-refractivity contribution in [1.29, 1.82) is 0 Å². The van der Waals surface area contributed by atoms with Crippen molar-refractivity contribution >= 4 is 0 Å². The standard InChI is InChI=1S/C9H10F2/c1-3-7-4-6(2)5-8(10)9(7)11/h4-5H,3H2,1-2H3. The Hall–Kier alpha value is -0.920. The monoisotopic (exact) mass is 156 g/mol. The molecule has 0 unspecified atom stereocenters. The molecule has 11 heavy (non-hydrogen) atoms. The summed E-state index contributed by atoms with van der Waals surface area (Å²) in [5.74, 6) is -1.46. The van der Waals surface area contributed by atoms with Gasteiger partial charge in [-0.1, -0.05) is 13.0 Å². The Balaban J connectivity index is 3.24. The van der Waals surface area contributed by atoms with Crippen LogP contribution in [0.3, 0.4) is 0 Å². The van der Waals surface area contributed by atoms with Gasteiger partial charge in [0.1, 0.15) is 0 Å². The minimum atomic E-state index is -0.748. The fourth-order valence-corrected chi connectivity index (χ4v) is 1.05. The Kier molecular flexibility index (Phi) is 2.22. The summed E-state index contributed by atoms with van der Waals surface area (Å²) in [7, 11) is 0. The molecule has 0 heterocycles. The topological polar surface area (TPSA) is 0 Å². The van der Waals surface area contributed by atoms with Crippen molar-refractivity contribution in [3.63, 3.8) is 0 Å². The summed E-state index contributed by atoms with van der Waals surface area (Å²) >= 11 is 0. The smallest absolute Gasteiger partial charge is 0.162 e. The van der Waals surface area contributed by atoms with Gasteiger partial charge in [-0.25, -0.2) is 8.78 Å². The van der Waals surface area contributed by atoms with E-state index >= 15 is 0 Å². The summed E-state index contributed by atoms with van der Waals surface area (Å²) in [6.07, 6.45) is 0.532. The van der Waals surface area contributed by atoms with Crippen LogP contribution in [0.4, 0.5) is 8.78 Å². The molecule has 0 aromatic heterocycles. The minimum Gasteiger partial charge on any atom is -0.204 e. The van der Waals surface area contributed by atoms with Crippen molar-refractivity contribution in [3.05, 3.63) is 34.9 Å². The van der Waals surface area contributed by atoms with Crippen LogP contribution >= 0.6 is 0 Å². The summed E-state index contributed by atoms with van der Waals surface area (Å²) in [4.78, 5) is 0. The highest BCUT2D eigenvalue weighted by molar-refractivity contribution is 5.25. The number of benzene rings is 1. The Morgan fingerprint density at radius 1 is 1.27 bits per heavy atom. The van der Waals surface area contributed by atoms with Gasteiger partial charge in [0.25, 0.3) is 0 Å². The van der Waals surface area contributed by atoms with Gasteiger partial charge in [-0.2, -0.15) is 0 Å². The largest absolute Gasteiger partial charge is 0.204 e. The first-order valence-corrected chi connectivity index (χ1v) is 3.59. The zero-order valence-corrected chi connectivity index (χ0v) is 6.62. The lowest BCUT2D eigenvalue weighted by Crippen LogP contribution is -1.93. The van der Waals surface area contributed by atoms with Gasteiger partial charge in [0.15, 0.2) is 11.6 Å². The Bertz CT molecular complexity index is 267. The number of hydrogen-bond donors (Lipinski definition) is 0. The predicted molar refractivity (Wildman–Crippen MR) is 40.5 cm³/mol. The molecule has 0 saturated carbocycles. The van der Waals surface area contributed by atoms with Gasteiger partial charge >= 0.3 is 0 Å². The van der Waals surface area contributed by atoms with E-state index in [1.807, 2.05) is 0 Å². The first-order valence-electron chi connectivity index (χ1n) is 3.59. The fraction of sp³-hybridized carbons (Fsp3) is 0.333. The van der Waals surface area contributed by atoms with E-state index < -0.39 is 11.6 Å². The zero-order chi connectivity index (χ0) is 8.43. The average molecular weight is 156 g/mol. The van der Waals surface area contributed by atoms with E-state index in [0.717, 1.165) is 5.56 Å². The predicted octanol–water partition coefficient (Wildman–Crippen LogP) is 2.84. The van der Waals surface area contributed by atoms with E-state index in [1.165, 1.54) is 6.07 Å². The second-order valence-corrected chi connectivity index (χ2v) is 2.57. The number of rotatable bonds is 1. The Morgan fingerprint density at radius 2 is 1.91 bits per heavy atom. The molecule has 0 aliphatic heterocycles. The Morgan fingerprint density at radius 3 is 2.45 bits per heavy atom. The normalized spacial score (nSPS) is 10.2. The van der Waals surface area contributed by atoms with E-state index in [0.29, 0.717) is 12.0 Å². The third-order valence-electron chi connectivity index (χ3n) is 1.63. The van der Waals surface area contributed by atoms with Crippen LogP contribution in [0.2, 0.25) is 0 Å². The van der Waals surface area contributed by atoms with Gasteiger partial charge in [-0.05, 0) is 30.5 Å². The van der Waals surface area contributed by atoms with Crippen LogP contribution in [0.25, 0.3) is 0 Å². The third kappa shape index (κ3) is 1.56. The van der Waals surface area contributed by atoms with Crippen molar-refractivity contribution in [3.8, 4) is 0 Å². The highest BCUT2D eigenvalue weighted by atomic mass is 19.2. The molecule has 2 heteroatoms. The second-order valence-electron chi connectivity index (χ2n) is 2.57. The summed E-state index contributed by atoms with van der Waals surface area (Å²) in [6, 6.07) is 2.87. The highest BCUT2D eigenvalue weighted by Gasteiger charge is 2.06. The maximum Gasteiger partial charge on any atom is 0.162 e. The summed E-state index contributed by atoms with van der Waals surface area (Å²) in [5.41, 5.74) is 1.21. The van der Waals surface area contributed by atoms with Gasteiger partial charge in [0, 0.05) is 0 Å². The molecule has 0 atom stereocenters. The highest BCUT2D eigenvalue weighted by Crippen LogP contribution is 2.14. The van der Waals surface area contributed by atoms with Crippen molar-refractivity contribution < 1.29 is 8.78 Å². The van der Waals surface area contributed by atoms with E-state index in [1.54, 1.807) is 19.9 Å². The molecule has 1 aromatic rings. The van der Waals surface area contributed by atoms with Crippen LogP contribution in [0.15, 0.2) is 12.1 Å². The van der Waals surface area contributed by atoms with Crippen LogP contribution in [0.1, 0.15) is 18.1 Å². The molecule has 0 nitrogen and oxygen atoms in total. The molecule has 0 radical (unpaired) electrons. The first kappa shape index (κ1) is 8.18.